The first kappa shape index (κ1) is 17.0. The Morgan fingerprint density at radius 3 is 2.45 bits per heavy atom. The van der Waals surface area contributed by atoms with Crippen LogP contribution in [0.25, 0.3) is 0 Å². The number of amides is 2. The van der Waals surface area contributed by atoms with Crippen LogP contribution in [0.5, 0.6) is 0 Å². The molecule has 0 aromatic carbocycles. The molecule has 1 aliphatic carbocycles. The van der Waals surface area contributed by atoms with Crippen molar-refractivity contribution >= 4 is 11.8 Å². The second kappa shape index (κ2) is 8.95. The van der Waals surface area contributed by atoms with Gasteiger partial charge < -0.3 is 16.0 Å². The topological polar surface area (TPSA) is 75.4 Å². The lowest BCUT2D eigenvalue weighted by atomic mass is 9.84. The zero-order chi connectivity index (χ0) is 15.0. The Morgan fingerprint density at radius 2 is 1.90 bits per heavy atom. The van der Waals surface area contributed by atoms with Crippen LogP contribution in [0.15, 0.2) is 0 Å². The molecule has 1 saturated carbocycles. The monoisotopic (exact) mass is 283 g/mol. The van der Waals surface area contributed by atoms with Crippen LogP contribution in [0.3, 0.4) is 0 Å². The van der Waals surface area contributed by atoms with Crippen molar-refractivity contribution in [2.24, 2.45) is 11.7 Å². The van der Waals surface area contributed by atoms with E-state index < -0.39 is 0 Å². The lowest BCUT2D eigenvalue weighted by molar-refractivity contribution is -0.136. The van der Waals surface area contributed by atoms with Crippen molar-refractivity contribution in [3.8, 4) is 0 Å². The minimum atomic E-state index is -0.101. The molecule has 0 saturated heterocycles. The van der Waals surface area contributed by atoms with E-state index in [0.29, 0.717) is 24.9 Å². The van der Waals surface area contributed by atoms with E-state index in [1.807, 2.05) is 6.92 Å². The molecule has 0 radical (unpaired) electrons. The molecule has 0 atom stereocenters. The summed E-state index contributed by atoms with van der Waals surface area (Å²) in [6, 6.07) is 0.354. The van der Waals surface area contributed by atoms with Crippen LogP contribution in [0.1, 0.15) is 51.9 Å². The summed E-state index contributed by atoms with van der Waals surface area (Å²) in [4.78, 5) is 25.3. The van der Waals surface area contributed by atoms with Crippen LogP contribution in [0.2, 0.25) is 0 Å². The highest BCUT2D eigenvalue weighted by molar-refractivity contribution is 5.84. The summed E-state index contributed by atoms with van der Waals surface area (Å²) in [5.74, 6) is 0.628. The Bertz CT molecular complexity index is 312. The normalized spacial score (nSPS) is 22.4. The van der Waals surface area contributed by atoms with Crippen LogP contribution in [-0.2, 0) is 9.59 Å². The molecule has 0 aromatic rings. The third kappa shape index (κ3) is 5.90. The maximum Gasteiger partial charge on any atom is 0.239 e. The molecule has 5 heteroatoms. The second-order valence-corrected chi connectivity index (χ2v) is 5.81. The van der Waals surface area contributed by atoms with Gasteiger partial charge in [0.15, 0.2) is 0 Å². The molecule has 0 heterocycles. The number of nitrogens with zero attached hydrogens (tertiary/aromatic N) is 1. The standard InChI is InChI=1S/C15H29N3O2/c1-3-10-18(11-14(19)17-2)15(20)9-6-12-4-7-13(16)8-5-12/h12-13H,3-11,16H2,1-2H3,(H,17,19). The fourth-order valence-electron chi connectivity index (χ4n) is 2.78. The first-order valence-corrected chi connectivity index (χ1v) is 7.80. The van der Waals surface area contributed by atoms with Gasteiger partial charge in [-0.15, -0.1) is 0 Å². The van der Waals surface area contributed by atoms with E-state index in [9.17, 15) is 9.59 Å². The van der Waals surface area contributed by atoms with Crippen molar-refractivity contribution in [3.05, 3.63) is 0 Å². The van der Waals surface area contributed by atoms with Gasteiger partial charge in [-0.2, -0.15) is 0 Å². The van der Waals surface area contributed by atoms with E-state index in [4.69, 9.17) is 5.73 Å². The minimum absolute atomic E-state index is 0.101. The van der Waals surface area contributed by atoms with Crippen molar-refractivity contribution in [3.63, 3.8) is 0 Å². The molecule has 0 aromatic heterocycles. The highest BCUT2D eigenvalue weighted by Gasteiger charge is 2.21. The molecule has 3 N–H and O–H groups in total. The van der Waals surface area contributed by atoms with Gasteiger partial charge in [0.1, 0.15) is 0 Å². The van der Waals surface area contributed by atoms with Crippen molar-refractivity contribution in [1.82, 2.24) is 10.2 Å². The minimum Gasteiger partial charge on any atom is -0.358 e. The number of hydrogen-bond donors (Lipinski definition) is 2. The van der Waals surface area contributed by atoms with Crippen molar-refractivity contribution in [2.75, 3.05) is 20.1 Å². The lowest BCUT2D eigenvalue weighted by Gasteiger charge is -2.27. The molecule has 2 amide bonds. The summed E-state index contributed by atoms with van der Waals surface area (Å²) in [6.45, 7) is 2.85. The largest absolute Gasteiger partial charge is 0.358 e. The van der Waals surface area contributed by atoms with E-state index >= 15 is 0 Å². The van der Waals surface area contributed by atoms with Gasteiger partial charge in [-0.3, -0.25) is 9.59 Å². The Labute approximate surface area is 122 Å². The molecule has 116 valence electrons. The van der Waals surface area contributed by atoms with Gasteiger partial charge in [-0.05, 0) is 44.4 Å². The Hall–Kier alpha value is -1.10. The van der Waals surface area contributed by atoms with Gasteiger partial charge in [0, 0.05) is 26.1 Å². The van der Waals surface area contributed by atoms with E-state index in [2.05, 4.69) is 5.32 Å². The third-order valence-electron chi connectivity index (χ3n) is 4.12. The van der Waals surface area contributed by atoms with Gasteiger partial charge >= 0.3 is 0 Å². The molecule has 1 aliphatic rings. The highest BCUT2D eigenvalue weighted by Crippen LogP contribution is 2.27. The molecule has 0 spiro atoms. The molecular formula is C15H29N3O2. The van der Waals surface area contributed by atoms with Crippen LogP contribution >= 0.6 is 0 Å². The van der Waals surface area contributed by atoms with Crippen LogP contribution in [0, 0.1) is 5.92 Å². The molecule has 20 heavy (non-hydrogen) atoms. The lowest BCUT2D eigenvalue weighted by Crippen LogP contribution is -2.40. The summed E-state index contributed by atoms with van der Waals surface area (Å²) in [6.07, 6.45) is 6.79. The fourth-order valence-corrected chi connectivity index (χ4v) is 2.78. The van der Waals surface area contributed by atoms with Crippen molar-refractivity contribution in [2.45, 2.75) is 57.9 Å². The van der Waals surface area contributed by atoms with Gasteiger partial charge in [0.25, 0.3) is 0 Å². The molecule has 1 fully saturated rings. The van der Waals surface area contributed by atoms with E-state index in [1.165, 1.54) is 0 Å². The summed E-state index contributed by atoms with van der Waals surface area (Å²) in [5.41, 5.74) is 5.89. The summed E-state index contributed by atoms with van der Waals surface area (Å²) < 4.78 is 0. The van der Waals surface area contributed by atoms with E-state index in [1.54, 1.807) is 11.9 Å². The van der Waals surface area contributed by atoms with E-state index in [0.717, 1.165) is 38.5 Å². The predicted molar refractivity (Wildman–Crippen MR) is 80.1 cm³/mol. The summed E-state index contributed by atoms with van der Waals surface area (Å²) >= 11 is 0. The Balaban J connectivity index is 2.35. The average molecular weight is 283 g/mol. The zero-order valence-corrected chi connectivity index (χ0v) is 12.9. The fraction of sp³-hybridized carbons (Fsp3) is 0.867. The number of carbonyl (C=O) groups is 2. The molecular weight excluding hydrogens is 254 g/mol. The van der Waals surface area contributed by atoms with Gasteiger partial charge in [-0.1, -0.05) is 6.92 Å². The van der Waals surface area contributed by atoms with Gasteiger partial charge in [0.05, 0.1) is 6.54 Å². The molecule has 0 bridgehead atoms. The van der Waals surface area contributed by atoms with Gasteiger partial charge in [0.2, 0.25) is 11.8 Å². The first-order chi connectivity index (χ1) is 9.56. The molecule has 0 aliphatic heterocycles. The van der Waals surface area contributed by atoms with Crippen LogP contribution in [-0.4, -0.2) is 42.9 Å². The quantitative estimate of drug-likeness (QED) is 0.739. The summed E-state index contributed by atoms with van der Waals surface area (Å²) in [5, 5.41) is 2.57. The summed E-state index contributed by atoms with van der Waals surface area (Å²) in [7, 11) is 1.60. The number of hydrogen-bond acceptors (Lipinski definition) is 3. The number of likely N-dealkylation sites (N-methyl/N-ethyl adjacent to an activating group) is 1. The number of rotatable bonds is 7. The number of nitrogens with two attached hydrogens (primary N) is 1. The molecule has 0 unspecified atom stereocenters. The number of nitrogens with one attached hydrogen (secondary N) is 1. The second-order valence-electron chi connectivity index (χ2n) is 5.81. The third-order valence-corrected chi connectivity index (χ3v) is 4.12. The smallest absolute Gasteiger partial charge is 0.239 e. The Kier molecular flexibility index (Phi) is 7.59. The maximum absolute atomic E-state index is 12.2. The average Bonchev–Trinajstić information content (AvgIpc) is 2.45. The van der Waals surface area contributed by atoms with Crippen LogP contribution in [0.4, 0.5) is 0 Å². The number of carbonyl (C=O) groups excluding carboxylic acids is 2. The van der Waals surface area contributed by atoms with Crippen molar-refractivity contribution in [1.29, 1.82) is 0 Å². The van der Waals surface area contributed by atoms with Gasteiger partial charge in [-0.25, -0.2) is 0 Å². The van der Waals surface area contributed by atoms with E-state index in [-0.39, 0.29) is 18.4 Å². The molecule has 1 rings (SSSR count). The maximum atomic E-state index is 12.2. The first-order valence-electron chi connectivity index (χ1n) is 7.80. The highest BCUT2D eigenvalue weighted by atomic mass is 16.2. The SMILES string of the molecule is CCCN(CC(=O)NC)C(=O)CCC1CCC(N)CC1. The zero-order valence-electron chi connectivity index (χ0n) is 12.9. The Morgan fingerprint density at radius 1 is 1.25 bits per heavy atom. The van der Waals surface area contributed by atoms with Crippen LogP contribution < -0.4 is 11.1 Å². The predicted octanol–water partition coefficient (Wildman–Crippen LogP) is 1.27. The van der Waals surface area contributed by atoms with Crippen molar-refractivity contribution < 1.29 is 9.59 Å². The molecule has 5 nitrogen and oxygen atoms in total.